The Labute approximate surface area is 70.3 Å². The van der Waals surface area contributed by atoms with E-state index in [0.29, 0.717) is 0 Å². The molecule has 7 heteroatoms. The molecule has 0 atom stereocenters. The second kappa shape index (κ2) is 184. The molecule has 0 bridgehead atoms. The summed E-state index contributed by atoms with van der Waals surface area (Å²) < 4.78 is 7.81. The van der Waals surface area contributed by atoms with Gasteiger partial charge in [-0.2, -0.15) is 0 Å². The van der Waals surface area contributed by atoms with Gasteiger partial charge in [0.25, 0.3) is 0 Å². The predicted octanol–water partition coefficient (Wildman–Crippen LogP) is -2.60. The van der Waals surface area contributed by atoms with Crippen LogP contribution in [0.15, 0.2) is 0 Å². The van der Waals surface area contributed by atoms with Crippen LogP contribution in [0.1, 0.15) is 0 Å². The minimum atomic E-state index is 0. The summed E-state index contributed by atoms with van der Waals surface area (Å²) in [5.74, 6) is 0. The van der Waals surface area contributed by atoms with Gasteiger partial charge in [-0.25, -0.2) is 0 Å². The molecule has 0 saturated heterocycles. The van der Waals surface area contributed by atoms with Crippen LogP contribution in [-0.4, -0.2) is 16.4 Å². The summed E-state index contributed by atoms with van der Waals surface area (Å²) in [7, 11) is 0. The molecule has 0 aromatic rings. The minimum absolute atomic E-state index is 0. The van der Waals surface area contributed by atoms with E-state index in [0.717, 1.165) is 0 Å². The van der Waals surface area contributed by atoms with Crippen molar-refractivity contribution in [1.29, 1.82) is 0 Å². The first kappa shape index (κ1) is 86.1. The van der Waals surface area contributed by atoms with E-state index in [-0.39, 0.29) is 50.6 Å². The fourth-order valence-corrected chi connectivity index (χ4v) is 0. The molecule has 0 aliphatic heterocycles. The molecule has 0 aliphatic rings. The molecule has 0 radical (unpaired) electrons. The monoisotopic (exact) mass is 245 g/mol. The quantitative estimate of drug-likeness (QED) is 0.428. The molecule has 0 saturated carbocycles. The Bertz CT molecular complexity index is 9.65. The third kappa shape index (κ3) is 130. The van der Waals surface area contributed by atoms with E-state index in [1.807, 2.05) is 0 Å². The van der Waals surface area contributed by atoms with Crippen LogP contribution in [0.5, 0.6) is 0 Å². The second-order valence-corrected chi connectivity index (χ2v) is 0. The average molecular weight is 245 g/mol. The summed E-state index contributed by atoms with van der Waals surface area (Å²) in [6.07, 6.45) is 0. The molecule has 0 aromatic carbocycles. The topological polar surface area (TPSA) is 112 Å². The zero-order valence-electron chi connectivity index (χ0n) is 2.92. The molecule has 0 aromatic heterocycles. The van der Waals surface area contributed by atoms with Crippen molar-refractivity contribution in [2.75, 3.05) is 0 Å². The van der Waals surface area contributed by atoms with Crippen LogP contribution in [0.2, 0.25) is 0 Å². The Balaban J connectivity index is -0.000000000500. The Kier molecular flexibility index (Phi) is 2260. The van der Waals surface area contributed by atoms with Crippen molar-refractivity contribution in [3.63, 3.8) is 0 Å². The third-order valence-electron chi connectivity index (χ3n) is 0. The Hall–Kier alpha value is 1.24. The number of hydrogen-bond donors (Lipinski definition) is 0. The summed E-state index contributed by atoms with van der Waals surface area (Å²) in [5, 5.41) is 0. The van der Waals surface area contributed by atoms with Crippen LogP contribution in [0, 0.1) is 0 Å². The van der Waals surface area contributed by atoms with E-state index in [1.54, 1.807) is 0 Å². The van der Waals surface area contributed by atoms with Crippen molar-refractivity contribution in [3.8, 4) is 0 Å². The third-order valence-corrected chi connectivity index (χ3v) is 0. The molecule has 0 unspecified atom stereocenters. The van der Waals surface area contributed by atoms with Crippen molar-refractivity contribution in [2.24, 2.45) is 0 Å². The van der Waals surface area contributed by atoms with Crippen LogP contribution in [0.4, 0.5) is 0 Å². The van der Waals surface area contributed by atoms with E-state index in [1.165, 1.54) is 0 Å². The first-order chi connectivity index (χ1) is 1.00. The van der Waals surface area contributed by atoms with Gasteiger partial charge in [-0.1, -0.05) is 0 Å². The van der Waals surface area contributed by atoms with Crippen molar-refractivity contribution < 1.29 is 70.3 Å². The molecule has 0 rings (SSSR count). The van der Waals surface area contributed by atoms with Gasteiger partial charge in [0.1, 0.15) is 0 Å². The van der Waals surface area contributed by atoms with E-state index in [2.05, 4.69) is 15.9 Å². The molecule has 4 nitrogen and oxygen atoms in total. The molecular weight excluding hydrogens is 239 g/mol. The van der Waals surface area contributed by atoms with Gasteiger partial charge in [0.2, 0.25) is 0 Å². The van der Waals surface area contributed by atoms with E-state index in [4.69, 9.17) is 3.83 Å². The first-order valence-corrected chi connectivity index (χ1v) is 0.508. The molecular formula is H6CuFe2O4. The molecule has 0 amide bonds. The van der Waals surface area contributed by atoms with E-state index in [9.17, 15) is 0 Å². The molecule has 0 fully saturated rings. The predicted molar refractivity (Wildman–Crippen MR) is 11.5 cm³/mol. The van der Waals surface area contributed by atoms with Crippen molar-refractivity contribution in [1.82, 2.24) is 0 Å². The number of rotatable bonds is 0. The van der Waals surface area contributed by atoms with Crippen molar-refractivity contribution in [2.45, 2.75) is 0 Å². The van der Waals surface area contributed by atoms with E-state index >= 15 is 0 Å². The van der Waals surface area contributed by atoms with Gasteiger partial charge < -0.3 is 16.4 Å². The fraction of sp³-hybridized carbons (Fsp3) is 0. The standard InChI is InChI=1S/Cu.2Fe.3H2O.O/h;;;3*1H2;. The van der Waals surface area contributed by atoms with Crippen LogP contribution >= 0.6 is 0 Å². The molecule has 57 valence electrons. The summed E-state index contributed by atoms with van der Waals surface area (Å²) in [4.78, 5) is 0. The maximum absolute atomic E-state index is 7.81. The maximum atomic E-state index is 7.81. The normalized spacial score (nSPS) is 0.857. The second-order valence-electron chi connectivity index (χ2n) is 0. The SMILES string of the molecule is O.O.O.[Fe].[Fe].[O]=[Cu]. The molecule has 7 heavy (non-hydrogen) atoms. The summed E-state index contributed by atoms with van der Waals surface area (Å²) in [6.45, 7) is 0. The van der Waals surface area contributed by atoms with Gasteiger partial charge in [-0.15, -0.1) is 0 Å². The Morgan fingerprint density at radius 2 is 0.714 bits per heavy atom. The van der Waals surface area contributed by atoms with Gasteiger partial charge in [0, 0.05) is 34.1 Å². The number of hydrogen-bond acceptors (Lipinski definition) is 1. The first-order valence-electron chi connectivity index (χ1n) is 0.123. The van der Waals surface area contributed by atoms with Gasteiger partial charge in [0.05, 0.1) is 0 Å². The van der Waals surface area contributed by atoms with Gasteiger partial charge in [-0.05, 0) is 0 Å². The van der Waals surface area contributed by atoms with Crippen molar-refractivity contribution in [3.05, 3.63) is 0 Å². The van der Waals surface area contributed by atoms with Crippen LogP contribution < -0.4 is 0 Å². The summed E-state index contributed by atoms with van der Waals surface area (Å²) in [5.41, 5.74) is 0. The zero-order valence-corrected chi connectivity index (χ0v) is 6.07. The Morgan fingerprint density at radius 3 is 0.714 bits per heavy atom. The summed E-state index contributed by atoms with van der Waals surface area (Å²) in [6, 6.07) is 0. The van der Waals surface area contributed by atoms with Gasteiger partial charge >= 0.3 is 19.8 Å². The van der Waals surface area contributed by atoms with Gasteiger partial charge in [-0.3, -0.25) is 0 Å². The molecule has 0 aliphatic carbocycles. The zero-order chi connectivity index (χ0) is 2.00. The van der Waals surface area contributed by atoms with Crippen molar-refractivity contribution >= 4 is 0 Å². The molecule has 6 N–H and O–H groups in total. The van der Waals surface area contributed by atoms with Gasteiger partial charge in [0.15, 0.2) is 0 Å². The van der Waals surface area contributed by atoms with E-state index < -0.39 is 0 Å². The van der Waals surface area contributed by atoms with Crippen LogP contribution in [0.25, 0.3) is 0 Å². The van der Waals surface area contributed by atoms with Crippen LogP contribution in [-0.2, 0) is 53.9 Å². The van der Waals surface area contributed by atoms with Crippen LogP contribution in [0.3, 0.4) is 0 Å². The Morgan fingerprint density at radius 1 is 0.714 bits per heavy atom. The summed E-state index contributed by atoms with van der Waals surface area (Å²) >= 11 is 2.94. The fourth-order valence-electron chi connectivity index (χ4n) is 0. The molecule has 0 heterocycles. The average Bonchev–Trinajstić information content (AvgIpc) is 1.00. The molecule has 0 spiro atoms.